The van der Waals surface area contributed by atoms with E-state index >= 15 is 0 Å². The Kier molecular flexibility index (Phi) is 21.6. The third kappa shape index (κ3) is 19.4. The van der Waals surface area contributed by atoms with Crippen LogP contribution in [0.5, 0.6) is 5.75 Å². The Morgan fingerprint density at radius 1 is 0.667 bits per heavy atom. The van der Waals surface area contributed by atoms with Gasteiger partial charge < -0.3 is 14.6 Å². The second-order valence-corrected chi connectivity index (χ2v) is 13.5. The van der Waals surface area contributed by atoms with Crippen molar-refractivity contribution in [2.75, 3.05) is 13.7 Å². The lowest BCUT2D eigenvalue weighted by atomic mass is 9.78. The molecule has 0 aliphatic heterocycles. The van der Waals surface area contributed by atoms with Crippen LogP contribution in [0.3, 0.4) is 0 Å². The molecule has 1 aromatic rings. The summed E-state index contributed by atoms with van der Waals surface area (Å²) in [5.41, 5.74) is 2.82. The van der Waals surface area contributed by atoms with Gasteiger partial charge in [0.2, 0.25) is 0 Å². The average molecular weight is 547 g/mol. The van der Waals surface area contributed by atoms with Crippen molar-refractivity contribution in [3.8, 4) is 5.75 Å². The molecule has 3 heteroatoms. The molecule has 0 spiro atoms. The van der Waals surface area contributed by atoms with Crippen molar-refractivity contribution in [3.63, 3.8) is 0 Å². The van der Waals surface area contributed by atoms with Crippen LogP contribution in [0.25, 0.3) is 0 Å². The van der Waals surface area contributed by atoms with E-state index in [0.717, 1.165) is 36.0 Å². The average Bonchev–Trinajstić information content (AvgIpc) is 2.87. The minimum atomic E-state index is -0.110. The molecule has 0 aromatic heterocycles. The SMILES string of the molecule is CC(C)(C)c1cc(CCC=O)cc(C(C)(C)C)c1O.CCCCCCCCCCCCCCCCCCOC. The molecule has 0 unspecified atom stereocenters. The smallest absolute Gasteiger partial charge is 0.123 e. The first-order valence-electron chi connectivity index (χ1n) is 16.3. The monoisotopic (exact) mass is 547 g/mol. The van der Waals surface area contributed by atoms with Crippen molar-refractivity contribution in [2.45, 2.75) is 175 Å². The molecule has 228 valence electrons. The predicted octanol–water partition coefficient (Wildman–Crippen LogP) is 11.0. The zero-order valence-corrected chi connectivity index (χ0v) is 27.4. The van der Waals surface area contributed by atoms with Crippen molar-refractivity contribution < 1.29 is 14.6 Å². The maximum absolute atomic E-state index is 10.6. The summed E-state index contributed by atoms with van der Waals surface area (Å²) in [4.78, 5) is 10.6. The normalized spacial score (nSPS) is 11.8. The number of phenolic OH excluding ortho intramolecular Hbond substituents is 1. The summed E-state index contributed by atoms with van der Waals surface area (Å²) < 4.78 is 5.06. The van der Waals surface area contributed by atoms with E-state index in [2.05, 4.69) is 48.5 Å². The molecule has 0 amide bonds. The van der Waals surface area contributed by atoms with Crippen LogP contribution in [-0.4, -0.2) is 25.1 Å². The van der Waals surface area contributed by atoms with Crippen LogP contribution in [0.2, 0.25) is 0 Å². The fourth-order valence-corrected chi connectivity index (χ4v) is 5.00. The Balaban J connectivity index is 0.000000741. The number of rotatable bonds is 20. The van der Waals surface area contributed by atoms with Gasteiger partial charge in [0.1, 0.15) is 12.0 Å². The lowest BCUT2D eigenvalue weighted by molar-refractivity contribution is -0.107. The van der Waals surface area contributed by atoms with Crippen molar-refractivity contribution in [3.05, 3.63) is 28.8 Å². The third-order valence-electron chi connectivity index (χ3n) is 7.54. The number of aryl methyl sites for hydroxylation is 1. The molecular formula is C36H66O3. The number of aldehydes is 1. The molecule has 0 saturated heterocycles. The maximum atomic E-state index is 10.6. The molecular weight excluding hydrogens is 480 g/mol. The lowest BCUT2D eigenvalue weighted by Crippen LogP contribution is -2.18. The lowest BCUT2D eigenvalue weighted by Gasteiger charge is -2.28. The summed E-state index contributed by atoms with van der Waals surface area (Å²) in [7, 11) is 1.80. The van der Waals surface area contributed by atoms with Gasteiger partial charge in [-0.2, -0.15) is 0 Å². The molecule has 0 radical (unpaired) electrons. The summed E-state index contributed by atoms with van der Waals surface area (Å²) in [6, 6.07) is 4.07. The van der Waals surface area contributed by atoms with Crippen molar-refractivity contribution in [1.29, 1.82) is 0 Å². The van der Waals surface area contributed by atoms with Gasteiger partial charge in [-0.15, -0.1) is 0 Å². The van der Waals surface area contributed by atoms with Crippen LogP contribution in [0.1, 0.15) is 174 Å². The first-order valence-corrected chi connectivity index (χ1v) is 16.3. The van der Waals surface area contributed by atoms with E-state index < -0.39 is 0 Å². The van der Waals surface area contributed by atoms with Gasteiger partial charge in [-0.05, 0) is 40.4 Å². The van der Waals surface area contributed by atoms with E-state index in [4.69, 9.17) is 4.74 Å². The fourth-order valence-electron chi connectivity index (χ4n) is 5.00. The molecule has 1 N–H and O–H groups in total. The molecule has 0 aliphatic rings. The summed E-state index contributed by atoms with van der Waals surface area (Å²) in [6.07, 6.45) is 25.1. The molecule has 3 nitrogen and oxygen atoms in total. The highest BCUT2D eigenvalue weighted by Crippen LogP contribution is 2.39. The zero-order chi connectivity index (χ0) is 29.6. The summed E-state index contributed by atoms with van der Waals surface area (Å²) in [6.45, 7) is 15.8. The molecule has 0 fully saturated rings. The number of hydrogen-bond acceptors (Lipinski definition) is 3. The molecule has 0 aliphatic carbocycles. The first kappa shape index (κ1) is 37.6. The summed E-state index contributed by atoms with van der Waals surface area (Å²) in [5.74, 6) is 0.398. The Hall–Kier alpha value is -1.35. The topological polar surface area (TPSA) is 46.5 Å². The van der Waals surface area contributed by atoms with E-state index in [9.17, 15) is 9.90 Å². The molecule has 0 saturated carbocycles. The highest BCUT2D eigenvalue weighted by atomic mass is 16.5. The summed E-state index contributed by atoms with van der Waals surface area (Å²) in [5, 5.41) is 10.5. The van der Waals surface area contributed by atoms with Crippen molar-refractivity contribution in [1.82, 2.24) is 0 Å². The maximum Gasteiger partial charge on any atom is 0.123 e. The quantitative estimate of drug-likeness (QED) is 0.131. The number of ether oxygens (including phenoxy) is 1. The Morgan fingerprint density at radius 2 is 1.03 bits per heavy atom. The van der Waals surface area contributed by atoms with Crippen LogP contribution in [0, 0.1) is 0 Å². The summed E-state index contributed by atoms with van der Waals surface area (Å²) >= 11 is 0. The van der Waals surface area contributed by atoms with E-state index in [1.807, 2.05) is 12.1 Å². The van der Waals surface area contributed by atoms with Gasteiger partial charge in [0.25, 0.3) is 0 Å². The molecule has 0 atom stereocenters. The standard InChI is InChI=1S/C19H40O.C17H26O2/c1-3-4-5-6-7-8-9-10-11-12-13-14-15-16-17-18-19-20-2;1-16(2,3)13-10-12(8-7-9-18)11-14(15(13)19)17(4,5)6/h3-19H2,1-2H3;9-11,19H,7-8H2,1-6H3. The minimum Gasteiger partial charge on any atom is -0.507 e. The number of hydrogen-bond donors (Lipinski definition) is 1. The Labute approximate surface area is 243 Å². The van der Waals surface area contributed by atoms with Crippen LogP contribution in [0.4, 0.5) is 0 Å². The van der Waals surface area contributed by atoms with E-state index in [1.165, 1.54) is 103 Å². The number of aromatic hydroxyl groups is 1. The Morgan fingerprint density at radius 3 is 1.33 bits per heavy atom. The number of phenols is 1. The molecule has 1 aromatic carbocycles. The fraction of sp³-hybridized carbons (Fsp3) is 0.806. The van der Waals surface area contributed by atoms with Gasteiger partial charge in [0, 0.05) is 20.1 Å². The van der Waals surface area contributed by atoms with Gasteiger partial charge in [0.05, 0.1) is 0 Å². The van der Waals surface area contributed by atoms with Gasteiger partial charge >= 0.3 is 0 Å². The molecule has 0 heterocycles. The van der Waals surface area contributed by atoms with E-state index in [-0.39, 0.29) is 10.8 Å². The van der Waals surface area contributed by atoms with Gasteiger partial charge in [-0.3, -0.25) is 0 Å². The minimum absolute atomic E-state index is 0.110. The van der Waals surface area contributed by atoms with E-state index in [1.54, 1.807) is 7.11 Å². The molecule has 0 bridgehead atoms. The van der Waals surface area contributed by atoms with Crippen LogP contribution in [-0.2, 0) is 26.8 Å². The molecule has 39 heavy (non-hydrogen) atoms. The highest BCUT2D eigenvalue weighted by molar-refractivity contribution is 5.53. The number of carbonyl (C=O) groups excluding carboxylic acids is 1. The second kappa shape index (κ2) is 22.4. The Bertz CT molecular complexity index is 671. The van der Waals surface area contributed by atoms with Gasteiger partial charge in [-0.25, -0.2) is 0 Å². The number of methoxy groups -OCH3 is 1. The van der Waals surface area contributed by atoms with Crippen LogP contribution >= 0.6 is 0 Å². The predicted molar refractivity (Wildman–Crippen MR) is 171 cm³/mol. The zero-order valence-electron chi connectivity index (χ0n) is 27.4. The van der Waals surface area contributed by atoms with Crippen molar-refractivity contribution >= 4 is 6.29 Å². The second-order valence-electron chi connectivity index (χ2n) is 13.5. The number of unbranched alkanes of at least 4 members (excludes halogenated alkanes) is 15. The highest BCUT2D eigenvalue weighted by Gasteiger charge is 2.26. The van der Waals surface area contributed by atoms with E-state index in [0.29, 0.717) is 12.2 Å². The first-order chi connectivity index (χ1) is 18.5. The van der Waals surface area contributed by atoms with Gasteiger partial charge in [-0.1, -0.05) is 157 Å². The number of benzene rings is 1. The number of carbonyl (C=O) groups is 1. The third-order valence-corrected chi connectivity index (χ3v) is 7.54. The largest absolute Gasteiger partial charge is 0.507 e. The van der Waals surface area contributed by atoms with Crippen molar-refractivity contribution in [2.24, 2.45) is 0 Å². The molecule has 1 rings (SSSR count). The van der Waals surface area contributed by atoms with Crippen LogP contribution < -0.4 is 0 Å². The van der Waals surface area contributed by atoms with Gasteiger partial charge in [0.15, 0.2) is 0 Å². The van der Waals surface area contributed by atoms with Crippen LogP contribution in [0.15, 0.2) is 12.1 Å².